The highest BCUT2D eigenvalue weighted by Crippen LogP contribution is 2.37. The van der Waals surface area contributed by atoms with Crippen molar-refractivity contribution >= 4 is 5.69 Å². The molecule has 1 heterocycles. The third-order valence-corrected chi connectivity index (χ3v) is 4.94. The summed E-state index contributed by atoms with van der Waals surface area (Å²) in [6, 6.07) is 6.67. The van der Waals surface area contributed by atoms with Crippen molar-refractivity contribution < 1.29 is 0 Å². The Bertz CT molecular complexity index is 437. The second-order valence-corrected chi connectivity index (χ2v) is 6.66. The summed E-state index contributed by atoms with van der Waals surface area (Å²) in [4.78, 5) is 2.58. The van der Waals surface area contributed by atoms with Crippen LogP contribution in [0.5, 0.6) is 0 Å². The van der Waals surface area contributed by atoms with Gasteiger partial charge in [-0.25, -0.2) is 0 Å². The summed E-state index contributed by atoms with van der Waals surface area (Å²) in [5, 5.41) is 3.36. The predicted molar refractivity (Wildman–Crippen MR) is 83.9 cm³/mol. The first-order valence-electron chi connectivity index (χ1n) is 7.41. The van der Waals surface area contributed by atoms with Gasteiger partial charge in [0.2, 0.25) is 0 Å². The quantitative estimate of drug-likeness (QED) is 0.896. The fourth-order valence-electron chi connectivity index (χ4n) is 3.12. The van der Waals surface area contributed by atoms with Gasteiger partial charge in [0.1, 0.15) is 0 Å². The molecule has 0 amide bonds. The lowest BCUT2D eigenvalue weighted by atomic mass is 9.73. The number of nitrogens with one attached hydrogen (secondary N) is 1. The second kappa shape index (κ2) is 5.54. The smallest absolute Gasteiger partial charge is 0.0398 e. The van der Waals surface area contributed by atoms with Crippen LogP contribution in [0.4, 0.5) is 5.69 Å². The topological polar surface area (TPSA) is 15.3 Å². The van der Waals surface area contributed by atoms with Crippen molar-refractivity contribution in [3.8, 4) is 0 Å². The summed E-state index contributed by atoms with van der Waals surface area (Å²) in [6.45, 7) is 12.7. The van der Waals surface area contributed by atoms with E-state index in [2.05, 4.69) is 63.2 Å². The summed E-state index contributed by atoms with van der Waals surface area (Å²) in [5.41, 5.74) is 4.70. The average Bonchev–Trinajstić information content (AvgIpc) is 2.36. The average molecular weight is 260 g/mol. The molecule has 0 aliphatic carbocycles. The van der Waals surface area contributed by atoms with Gasteiger partial charge in [0.05, 0.1) is 0 Å². The maximum atomic E-state index is 3.36. The van der Waals surface area contributed by atoms with Gasteiger partial charge in [0.15, 0.2) is 0 Å². The van der Waals surface area contributed by atoms with Crippen LogP contribution in [0.1, 0.15) is 31.4 Å². The number of aryl methyl sites for hydroxylation is 1. The van der Waals surface area contributed by atoms with Crippen molar-refractivity contribution in [2.45, 2.75) is 34.1 Å². The first-order valence-corrected chi connectivity index (χ1v) is 7.41. The Morgan fingerprint density at radius 1 is 1.32 bits per heavy atom. The van der Waals surface area contributed by atoms with Gasteiger partial charge in [-0.3, -0.25) is 0 Å². The van der Waals surface area contributed by atoms with Gasteiger partial charge < -0.3 is 10.2 Å². The zero-order valence-corrected chi connectivity index (χ0v) is 13.1. The van der Waals surface area contributed by atoms with Crippen LogP contribution in [0.15, 0.2) is 18.2 Å². The normalized spacial score (nSPS) is 22.6. The first-order chi connectivity index (χ1) is 8.95. The minimum absolute atomic E-state index is 0.442. The standard InChI is InChI=1S/C17H28N2/c1-13-7-6-8-16(14(13)2)19-10-9-17(3,4)15(12-19)11-18-5/h6-8,15,18H,9-12H2,1-5H3. The van der Waals surface area contributed by atoms with Crippen LogP contribution in [0.25, 0.3) is 0 Å². The van der Waals surface area contributed by atoms with E-state index in [0.717, 1.165) is 13.1 Å². The van der Waals surface area contributed by atoms with Gasteiger partial charge >= 0.3 is 0 Å². The molecule has 2 rings (SSSR count). The number of nitrogens with zero attached hydrogens (tertiary/aromatic N) is 1. The Hall–Kier alpha value is -1.02. The number of hydrogen-bond acceptors (Lipinski definition) is 2. The molecule has 1 unspecified atom stereocenters. The molecule has 1 fully saturated rings. The molecule has 19 heavy (non-hydrogen) atoms. The van der Waals surface area contributed by atoms with Gasteiger partial charge in [-0.2, -0.15) is 0 Å². The van der Waals surface area contributed by atoms with Gasteiger partial charge in [-0.1, -0.05) is 26.0 Å². The zero-order valence-electron chi connectivity index (χ0n) is 13.1. The molecule has 2 nitrogen and oxygen atoms in total. The van der Waals surface area contributed by atoms with Crippen LogP contribution in [0.3, 0.4) is 0 Å². The van der Waals surface area contributed by atoms with E-state index in [0.29, 0.717) is 11.3 Å². The Morgan fingerprint density at radius 3 is 2.74 bits per heavy atom. The lowest BCUT2D eigenvalue weighted by Crippen LogP contribution is -2.48. The summed E-state index contributed by atoms with van der Waals surface area (Å²) in [5.74, 6) is 0.714. The summed E-state index contributed by atoms with van der Waals surface area (Å²) < 4.78 is 0. The fraction of sp³-hybridized carbons (Fsp3) is 0.647. The van der Waals surface area contributed by atoms with E-state index in [9.17, 15) is 0 Å². The third-order valence-electron chi connectivity index (χ3n) is 4.94. The monoisotopic (exact) mass is 260 g/mol. The molecule has 1 atom stereocenters. The predicted octanol–water partition coefficient (Wildman–Crippen LogP) is 3.38. The van der Waals surface area contributed by atoms with E-state index in [1.165, 1.54) is 29.8 Å². The first kappa shape index (κ1) is 14.4. The molecule has 0 saturated carbocycles. The molecule has 0 aromatic heterocycles. The van der Waals surface area contributed by atoms with Crippen molar-refractivity contribution in [2.75, 3.05) is 31.6 Å². The highest BCUT2D eigenvalue weighted by Gasteiger charge is 2.35. The molecule has 1 aromatic carbocycles. The highest BCUT2D eigenvalue weighted by molar-refractivity contribution is 5.56. The second-order valence-electron chi connectivity index (χ2n) is 6.66. The van der Waals surface area contributed by atoms with Crippen molar-refractivity contribution in [3.63, 3.8) is 0 Å². The minimum atomic E-state index is 0.442. The van der Waals surface area contributed by atoms with Crippen LogP contribution in [0.2, 0.25) is 0 Å². The molecule has 0 spiro atoms. The fourth-order valence-corrected chi connectivity index (χ4v) is 3.12. The molecule has 0 radical (unpaired) electrons. The summed E-state index contributed by atoms with van der Waals surface area (Å²) in [6.07, 6.45) is 1.27. The Balaban J connectivity index is 2.21. The largest absolute Gasteiger partial charge is 0.371 e. The molecule has 106 valence electrons. The highest BCUT2D eigenvalue weighted by atomic mass is 15.1. The molecule has 1 N–H and O–H groups in total. The molecule has 1 saturated heterocycles. The molecule has 1 aliphatic rings. The van der Waals surface area contributed by atoms with E-state index in [-0.39, 0.29) is 0 Å². The van der Waals surface area contributed by atoms with E-state index in [4.69, 9.17) is 0 Å². The molecule has 0 bridgehead atoms. The number of benzene rings is 1. The Kier molecular flexibility index (Phi) is 4.19. The van der Waals surface area contributed by atoms with Crippen LogP contribution in [0, 0.1) is 25.2 Å². The van der Waals surface area contributed by atoms with Gasteiger partial charge in [0.25, 0.3) is 0 Å². The molecular weight excluding hydrogens is 232 g/mol. The van der Waals surface area contributed by atoms with E-state index < -0.39 is 0 Å². The van der Waals surface area contributed by atoms with Gasteiger partial charge in [-0.05, 0) is 62.4 Å². The molecule has 1 aromatic rings. The molecule has 2 heteroatoms. The van der Waals surface area contributed by atoms with Crippen LogP contribution in [-0.2, 0) is 0 Å². The van der Waals surface area contributed by atoms with Crippen molar-refractivity contribution in [2.24, 2.45) is 11.3 Å². The number of anilines is 1. The lowest BCUT2D eigenvalue weighted by Gasteiger charge is -2.45. The SMILES string of the molecule is CNCC1CN(c2cccc(C)c2C)CCC1(C)C. The third kappa shape index (κ3) is 2.94. The zero-order chi connectivity index (χ0) is 14.0. The van der Waals surface area contributed by atoms with Crippen molar-refractivity contribution in [1.82, 2.24) is 5.32 Å². The maximum absolute atomic E-state index is 3.36. The van der Waals surface area contributed by atoms with E-state index in [1.54, 1.807) is 0 Å². The van der Waals surface area contributed by atoms with Gasteiger partial charge in [-0.15, -0.1) is 0 Å². The number of piperidine rings is 1. The minimum Gasteiger partial charge on any atom is -0.371 e. The summed E-state index contributed by atoms with van der Waals surface area (Å²) >= 11 is 0. The van der Waals surface area contributed by atoms with Crippen LogP contribution >= 0.6 is 0 Å². The number of rotatable bonds is 3. The lowest BCUT2D eigenvalue weighted by molar-refractivity contribution is 0.169. The van der Waals surface area contributed by atoms with E-state index in [1.807, 2.05) is 0 Å². The molecule has 1 aliphatic heterocycles. The van der Waals surface area contributed by atoms with E-state index >= 15 is 0 Å². The number of hydrogen-bond donors (Lipinski definition) is 1. The van der Waals surface area contributed by atoms with Crippen molar-refractivity contribution in [1.29, 1.82) is 0 Å². The summed E-state index contributed by atoms with van der Waals surface area (Å²) in [7, 11) is 2.06. The maximum Gasteiger partial charge on any atom is 0.0398 e. The van der Waals surface area contributed by atoms with Gasteiger partial charge in [0, 0.05) is 18.8 Å². The molecular formula is C17H28N2. The Labute approximate surface area is 118 Å². The van der Waals surface area contributed by atoms with Crippen molar-refractivity contribution in [3.05, 3.63) is 29.3 Å². The van der Waals surface area contributed by atoms with Crippen LogP contribution in [-0.4, -0.2) is 26.7 Å². The van der Waals surface area contributed by atoms with Crippen LogP contribution < -0.4 is 10.2 Å². The Morgan fingerprint density at radius 2 is 2.05 bits per heavy atom.